The van der Waals surface area contributed by atoms with E-state index in [4.69, 9.17) is 4.74 Å². The van der Waals surface area contributed by atoms with E-state index in [-0.39, 0.29) is 5.97 Å². The van der Waals surface area contributed by atoms with E-state index < -0.39 is 5.60 Å². The first-order valence-electron chi connectivity index (χ1n) is 6.77. The lowest BCUT2D eigenvalue weighted by molar-refractivity contribution is 0.00704. The molecule has 0 atom stereocenters. The van der Waals surface area contributed by atoms with E-state index in [0.717, 1.165) is 16.7 Å². The average Bonchev–Trinajstić information content (AvgIpc) is 2.37. The highest BCUT2D eigenvalue weighted by atomic mass is 16.6. The van der Waals surface area contributed by atoms with Gasteiger partial charge in [0.25, 0.3) is 0 Å². The van der Waals surface area contributed by atoms with Crippen LogP contribution in [0.3, 0.4) is 0 Å². The van der Waals surface area contributed by atoms with Crippen LogP contribution in [0.4, 0.5) is 0 Å². The van der Waals surface area contributed by atoms with Crippen LogP contribution in [-0.4, -0.2) is 11.6 Å². The molecule has 104 valence electrons. The normalized spacial score (nSPS) is 11.2. The highest BCUT2D eigenvalue weighted by Crippen LogP contribution is 2.28. The van der Waals surface area contributed by atoms with Crippen LogP contribution in [0, 0.1) is 6.92 Å². The Morgan fingerprint density at radius 2 is 1.60 bits per heavy atom. The summed E-state index contributed by atoms with van der Waals surface area (Å²) in [5.74, 6) is -0.278. The zero-order chi connectivity index (χ0) is 14.8. The monoisotopic (exact) mass is 268 g/mol. The van der Waals surface area contributed by atoms with Gasteiger partial charge in [-0.1, -0.05) is 42.5 Å². The first-order chi connectivity index (χ1) is 9.38. The van der Waals surface area contributed by atoms with E-state index in [2.05, 4.69) is 0 Å². The van der Waals surface area contributed by atoms with E-state index in [1.54, 1.807) is 0 Å². The Morgan fingerprint density at radius 1 is 0.950 bits per heavy atom. The highest BCUT2D eigenvalue weighted by Gasteiger charge is 2.21. The summed E-state index contributed by atoms with van der Waals surface area (Å²) in [4.78, 5) is 12.4. The number of hydrogen-bond donors (Lipinski definition) is 0. The quantitative estimate of drug-likeness (QED) is 0.743. The number of esters is 1. The molecule has 0 fully saturated rings. The summed E-state index contributed by atoms with van der Waals surface area (Å²) in [5, 5.41) is 0. The molecule has 2 aromatic rings. The predicted molar refractivity (Wildman–Crippen MR) is 81.8 cm³/mol. The van der Waals surface area contributed by atoms with Crippen LogP contribution in [-0.2, 0) is 4.74 Å². The molecule has 2 heteroatoms. The first-order valence-corrected chi connectivity index (χ1v) is 6.77. The van der Waals surface area contributed by atoms with Crippen molar-refractivity contribution in [2.24, 2.45) is 0 Å². The minimum Gasteiger partial charge on any atom is -0.456 e. The highest BCUT2D eigenvalue weighted by molar-refractivity contribution is 5.98. The molecule has 0 aliphatic carbocycles. The van der Waals surface area contributed by atoms with Gasteiger partial charge < -0.3 is 4.74 Å². The van der Waals surface area contributed by atoms with Crippen molar-refractivity contribution in [3.05, 3.63) is 59.7 Å². The summed E-state index contributed by atoms with van der Waals surface area (Å²) in [7, 11) is 0. The summed E-state index contributed by atoms with van der Waals surface area (Å²) in [5.41, 5.74) is 3.17. The zero-order valence-electron chi connectivity index (χ0n) is 12.4. The molecule has 0 aromatic heterocycles. The molecule has 0 aliphatic heterocycles. The maximum absolute atomic E-state index is 12.4. The topological polar surface area (TPSA) is 26.3 Å². The van der Waals surface area contributed by atoms with Gasteiger partial charge in [-0.2, -0.15) is 0 Å². The van der Waals surface area contributed by atoms with Gasteiger partial charge in [0.2, 0.25) is 0 Å². The number of carbonyl (C=O) groups is 1. The molecule has 0 aliphatic rings. The van der Waals surface area contributed by atoms with Gasteiger partial charge in [0.05, 0.1) is 5.56 Å². The Hall–Kier alpha value is -2.09. The fourth-order valence-corrected chi connectivity index (χ4v) is 2.16. The largest absolute Gasteiger partial charge is 0.456 e. The lowest BCUT2D eigenvalue weighted by Crippen LogP contribution is -2.24. The summed E-state index contributed by atoms with van der Waals surface area (Å²) >= 11 is 0. The van der Waals surface area contributed by atoms with Gasteiger partial charge in [-0.05, 0) is 50.5 Å². The molecule has 0 saturated heterocycles. The second kappa shape index (κ2) is 5.49. The summed E-state index contributed by atoms with van der Waals surface area (Å²) in [6.45, 7) is 7.64. The molecule has 2 aromatic carbocycles. The zero-order valence-corrected chi connectivity index (χ0v) is 12.4. The van der Waals surface area contributed by atoms with Crippen molar-refractivity contribution in [1.29, 1.82) is 0 Å². The summed E-state index contributed by atoms with van der Waals surface area (Å²) in [6, 6.07) is 15.7. The van der Waals surface area contributed by atoms with Crippen LogP contribution in [0.15, 0.2) is 48.5 Å². The van der Waals surface area contributed by atoms with Crippen LogP contribution < -0.4 is 0 Å². The standard InChI is InChI=1S/C18H20O2/c1-13-9-8-12-15(17(19)20-18(2,3)4)16(13)14-10-6-5-7-11-14/h5-12H,1-4H3. The van der Waals surface area contributed by atoms with E-state index in [0.29, 0.717) is 5.56 Å². The molecule has 0 heterocycles. The Labute approximate surface area is 120 Å². The number of hydrogen-bond acceptors (Lipinski definition) is 2. The Balaban J connectivity index is 2.50. The molecule has 2 nitrogen and oxygen atoms in total. The number of benzene rings is 2. The maximum Gasteiger partial charge on any atom is 0.339 e. The van der Waals surface area contributed by atoms with Crippen LogP contribution >= 0.6 is 0 Å². The van der Waals surface area contributed by atoms with Crippen LogP contribution in [0.1, 0.15) is 36.7 Å². The summed E-state index contributed by atoms with van der Waals surface area (Å²) < 4.78 is 5.50. The third-order valence-electron chi connectivity index (χ3n) is 2.95. The van der Waals surface area contributed by atoms with Crippen molar-refractivity contribution in [3.8, 4) is 11.1 Å². The van der Waals surface area contributed by atoms with Gasteiger partial charge in [-0.25, -0.2) is 4.79 Å². The van der Waals surface area contributed by atoms with E-state index in [1.165, 1.54) is 0 Å². The lowest BCUT2D eigenvalue weighted by Gasteiger charge is -2.21. The third kappa shape index (κ3) is 3.27. The van der Waals surface area contributed by atoms with Gasteiger partial charge in [-0.15, -0.1) is 0 Å². The van der Waals surface area contributed by atoms with Crippen molar-refractivity contribution in [3.63, 3.8) is 0 Å². The van der Waals surface area contributed by atoms with Gasteiger partial charge in [-0.3, -0.25) is 0 Å². The fraction of sp³-hybridized carbons (Fsp3) is 0.278. The second-order valence-electron chi connectivity index (χ2n) is 5.87. The van der Waals surface area contributed by atoms with Crippen molar-refractivity contribution < 1.29 is 9.53 Å². The molecule has 20 heavy (non-hydrogen) atoms. The van der Waals surface area contributed by atoms with E-state index >= 15 is 0 Å². The fourth-order valence-electron chi connectivity index (χ4n) is 2.16. The number of ether oxygens (including phenoxy) is 1. The van der Waals surface area contributed by atoms with Crippen molar-refractivity contribution >= 4 is 5.97 Å². The smallest absolute Gasteiger partial charge is 0.339 e. The minimum absolute atomic E-state index is 0.278. The SMILES string of the molecule is Cc1cccc(C(=O)OC(C)(C)C)c1-c1ccccc1. The first kappa shape index (κ1) is 14.3. The van der Waals surface area contributed by atoms with Gasteiger partial charge in [0.15, 0.2) is 0 Å². The van der Waals surface area contributed by atoms with E-state index in [1.807, 2.05) is 76.2 Å². The Bertz CT molecular complexity index is 607. The molecular formula is C18H20O2. The number of rotatable bonds is 2. The number of aryl methyl sites for hydroxylation is 1. The second-order valence-corrected chi connectivity index (χ2v) is 5.87. The van der Waals surface area contributed by atoms with Crippen LogP contribution in [0.5, 0.6) is 0 Å². The average molecular weight is 268 g/mol. The molecule has 2 rings (SSSR count). The minimum atomic E-state index is -0.491. The molecule has 0 bridgehead atoms. The van der Waals surface area contributed by atoms with Gasteiger partial charge in [0.1, 0.15) is 5.60 Å². The van der Waals surface area contributed by atoms with E-state index in [9.17, 15) is 4.79 Å². The van der Waals surface area contributed by atoms with Crippen LogP contribution in [0.25, 0.3) is 11.1 Å². The Morgan fingerprint density at radius 3 is 2.20 bits per heavy atom. The molecule has 0 amide bonds. The summed E-state index contributed by atoms with van der Waals surface area (Å²) in [6.07, 6.45) is 0. The predicted octanol–water partition coefficient (Wildman–Crippen LogP) is 4.62. The van der Waals surface area contributed by atoms with Crippen molar-refractivity contribution in [1.82, 2.24) is 0 Å². The molecule has 0 radical (unpaired) electrons. The van der Waals surface area contributed by atoms with Crippen LogP contribution in [0.2, 0.25) is 0 Å². The van der Waals surface area contributed by atoms with Crippen molar-refractivity contribution in [2.45, 2.75) is 33.3 Å². The lowest BCUT2D eigenvalue weighted by atomic mass is 9.95. The molecule has 0 N–H and O–H groups in total. The molecule has 0 saturated carbocycles. The third-order valence-corrected chi connectivity index (χ3v) is 2.95. The number of carbonyl (C=O) groups excluding carboxylic acids is 1. The molecular weight excluding hydrogens is 248 g/mol. The van der Waals surface area contributed by atoms with Gasteiger partial charge >= 0.3 is 5.97 Å². The van der Waals surface area contributed by atoms with Gasteiger partial charge in [0, 0.05) is 0 Å². The molecule has 0 unspecified atom stereocenters. The Kier molecular flexibility index (Phi) is 3.93. The molecule has 0 spiro atoms. The van der Waals surface area contributed by atoms with Crippen molar-refractivity contribution in [2.75, 3.05) is 0 Å². The maximum atomic E-state index is 12.4.